The molecule has 3 N–H and O–H groups in total. The van der Waals surface area contributed by atoms with Gasteiger partial charge in [-0.15, -0.1) is 12.4 Å². The molecular weight excluding hydrogens is 346 g/mol. The Morgan fingerprint density at radius 2 is 1.80 bits per heavy atom. The maximum atomic E-state index is 10.1. The summed E-state index contributed by atoms with van der Waals surface area (Å²) in [4.78, 5) is 0. The van der Waals surface area contributed by atoms with Crippen LogP contribution >= 0.6 is 28.3 Å². The smallest absolute Gasteiger partial charge is 0.161 e. The normalized spacial score (nSPS) is 13.3. The van der Waals surface area contributed by atoms with Crippen LogP contribution < -0.4 is 15.2 Å². The van der Waals surface area contributed by atoms with E-state index in [2.05, 4.69) is 22.9 Å². The first kappa shape index (κ1) is 19.5. The van der Waals surface area contributed by atoms with Crippen LogP contribution in [0.3, 0.4) is 0 Å². The van der Waals surface area contributed by atoms with Crippen molar-refractivity contribution in [1.82, 2.24) is 0 Å². The third-order valence-corrected chi connectivity index (χ3v) is 3.82. The summed E-state index contributed by atoms with van der Waals surface area (Å²) in [5.74, 6) is 1.24. The molecule has 0 aliphatic carbocycles. The van der Waals surface area contributed by atoms with E-state index in [4.69, 9.17) is 15.2 Å². The maximum absolute atomic E-state index is 10.1. The number of hydrogen-bond donors (Lipinski definition) is 2. The van der Waals surface area contributed by atoms with Gasteiger partial charge in [0, 0.05) is 4.47 Å². The van der Waals surface area contributed by atoms with E-state index in [0.717, 1.165) is 22.9 Å². The average Bonchev–Trinajstić information content (AvgIpc) is 2.43. The van der Waals surface area contributed by atoms with Crippen molar-refractivity contribution in [3.8, 4) is 11.5 Å². The number of hydrogen-bond acceptors (Lipinski definition) is 4. The third kappa shape index (κ3) is 4.81. The molecule has 0 amide bonds. The van der Waals surface area contributed by atoms with E-state index >= 15 is 0 Å². The number of aliphatic hydroxyl groups is 1. The van der Waals surface area contributed by atoms with Crippen LogP contribution in [0.15, 0.2) is 16.6 Å². The number of unbranched alkanes of at least 4 members (excludes halogenated alkanes) is 1. The third-order valence-electron chi connectivity index (χ3n) is 3.13. The average molecular weight is 369 g/mol. The van der Waals surface area contributed by atoms with Crippen LogP contribution in [0.4, 0.5) is 0 Å². The molecule has 1 rings (SSSR count). The van der Waals surface area contributed by atoms with Crippen molar-refractivity contribution in [2.75, 3.05) is 14.2 Å². The molecule has 1 aromatic rings. The van der Waals surface area contributed by atoms with E-state index in [1.54, 1.807) is 20.3 Å². The zero-order valence-corrected chi connectivity index (χ0v) is 14.5. The second-order valence-corrected chi connectivity index (χ2v) is 5.32. The lowest BCUT2D eigenvalue weighted by molar-refractivity contribution is 0.132. The van der Waals surface area contributed by atoms with Gasteiger partial charge in [-0.3, -0.25) is 0 Å². The zero-order valence-electron chi connectivity index (χ0n) is 12.1. The SMILES string of the molecule is CCCC[C@@H](O)[C@@H](N)c1cc(OC)c(OC)cc1Br.Cl. The summed E-state index contributed by atoms with van der Waals surface area (Å²) in [6.07, 6.45) is 2.13. The number of benzene rings is 1. The number of aliphatic hydroxyl groups excluding tert-OH is 1. The molecule has 2 atom stereocenters. The van der Waals surface area contributed by atoms with Gasteiger partial charge in [-0.05, 0) is 24.1 Å². The fraction of sp³-hybridized carbons (Fsp3) is 0.571. The van der Waals surface area contributed by atoms with Gasteiger partial charge in [-0.2, -0.15) is 0 Å². The predicted octanol–water partition coefficient (Wildman–Crippen LogP) is 3.44. The molecule has 0 bridgehead atoms. The van der Waals surface area contributed by atoms with Gasteiger partial charge in [0.1, 0.15) is 0 Å². The van der Waals surface area contributed by atoms with Crippen molar-refractivity contribution in [2.24, 2.45) is 5.73 Å². The summed E-state index contributed by atoms with van der Waals surface area (Å²) in [7, 11) is 3.16. The molecule has 4 nitrogen and oxygen atoms in total. The molecule has 116 valence electrons. The van der Waals surface area contributed by atoms with Gasteiger partial charge in [0.2, 0.25) is 0 Å². The summed E-state index contributed by atoms with van der Waals surface area (Å²) >= 11 is 3.46. The minimum Gasteiger partial charge on any atom is -0.493 e. The summed E-state index contributed by atoms with van der Waals surface area (Å²) in [5.41, 5.74) is 6.94. The van der Waals surface area contributed by atoms with Gasteiger partial charge < -0.3 is 20.3 Å². The Morgan fingerprint density at radius 3 is 2.30 bits per heavy atom. The Balaban J connectivity index is 0.00000361. The molecule has 6 heteroatoms. The van der Waals surface area contributed by atoms with Crippen LogP contribution in [0.1, 0.15) is 37.8 Å². The minimum atomic E-state index is -0.561. The lowest BCUT2D eigenvalue weighted by atomic mass is 9.98. The van der Waals surface area contributed by atoms with E-state index in [0.29, 0.717) is 17.9 Å². The number of halogens is 2. The Labute approximate surface area is 135 Å². The monoisotopic (exact) mass is 367 g/mol. The molecule has 0 spiro atoms. The molecule has 0 heterocycles. The van der Waals surface area contributed by atoms with E-state index in [1.165, 1.54) is 0 Å². The predicted molar refractivity (Wildman–Crippen MR) is 87.0 cm³/mol. The van der Waals surface area contributed by atoms with Crippen LogP contribution in [0, 0.1) is 0 Å². The van der Waals surface area contributed by atoms with Crippen LogP contribution in [0.25, 0.3) is 0 Å². The van der Waals surface area contributed by atoms with Gasteiger partial charge in [-0.1, -0.05) is 35.7 Å². The molecule has 0 unspecified atom stereocenters. The van der Waals surface area contributed by atoms with Crippen LogP contribution in [-0.4, -0.2) is 25.4 Å². The summed E-state index contributed by atoms with van der Waals surface area (Å²) in [5, 5.41) is 10.1. The van der Waals surface area contributed by atoms with E-state index in [1.807, 2.05) is 6.07 Å². The van der Waals surface area contributed by atoms with E-state index < -0.39 is 12.1 Å². The molecule has 20 heavy (non-hydrogen) atoms. The topological polar surface area (TPSA) is 64.7 Å². The van der Waals surface area contributed by atoms with Crippen molar-refractivity contribution in [3.05, 3.63) is 22.2 Å². The second kappa shape index (κ2) is 9.45. The molecule has 0 aliphatic rings. The lowest BCUT2D eigenvalue weighted by Gasteiger charge is -2.21. The Bertz CT molecular complexity index is 418. The standard InChI is InChI=1S/C14H22BrNO3.ClH/c1-4-5-6-11(17)14(16)9-7-12(18-2)13(19-3)8-10(9)15;/h7-8,11,14,17H,4-6,16H2,1-3H3;1H/t11-,14+;/m1./s1. The maximum Gasteiger partial charge on any atom is 0.161 e. The molecule has 0 aromatic heterocycles. The lowest BCUT2D eigenvalue weighted by Crippen LogP contribution is -2.26. The quantitative estimate of drug-likeness (QED) is 0.774. The molecular formula is C14H23BrClNO3. The van der Waals surface area contributed by atoms with Crippen molar-refractivity contribution >= 4 is 28.3 Å². The second-order valence-electron chi connectivity index (χ2n) is 4.46. The Hall–Kier alpha value is -0.490. The first-order chi connectivity index (χ1) is 9.04. The molecule has 1 aromatic carbocycles. The highest BCUT2D eigenvalue weighted by Gasteiger charge is 2.21. The zero-order chi connectivity index (χ0) is 14.4. The number of methoxy groups -OCH3 is 2. The number of ether oxygens (including phenoxy) is 2. The first-order valence-corrected chi connectivity index (χ1v) is 7.19. The summed E-state index contributed by atoms with van der Waals surface area (Å²) < 4.78 is 11.3. The van der Waals surface area contributed by atoms with Crippen LogP contribution in [-0.2, 0) is 0 Å². The molecule has 0 saturated carbocycles. The minimum absolute atomic E-state index is 0. The van der Waals surface area contributed by atoms with E-state index in [-0.39, 0.29) is 12.4 Å². The van der Waals surface area contributed by atoms with Crippen molar-refractivity contribution in [1.29, 1.82) is 0 Å². The van der Waals surface area contributed by atoms with Crippen molar-refractivity contribution in [3.63, 3.8) is 0 Å². The molecule has 0 fully saturated rings. The highest BCUT2D eigenvalue weighted by molar-refractivity contribution is 9.10. The van der Waals surface area contributed by atoms with Gasteiger partial charge >= 0.3 is 0 Å². The first-order valence-electron chi connectivity index (χ1n) is 6.40. The van der Waals surface area contributed by atoms with Gasteiger partial charge in [0.15, 0.2) is 11.5 Å². The summed E-state index contributed by atoms with van der Waals surface area (Å²) in [6.45, 7) is 2.09. The van der Waals surface area contributed by atoms with Gasteiger partial charge in [-0.25, -0.2) is 0 Å². The molecule has 0 saturated heterocycles. The van der Waals surface area contributed by atoms with Gasteiger partial charge in [0.25, 0.3) is 0 Å². The molecule has 0 radical (unpaired) electrons. The summed E-state index contributed by atoms with van der Waals surface area (Å²) in [6, 6.07) is 3.17. The fourth-order valence-corrected chi connectivity index (χ4v) is 2.51. The van der Waals surface area contributed by atoms with Gasteiger partial charge in [0.05, 0.1) is 26.4 Å². The number of rotatable bonds is 7. The van der Waals surface area contributed by atoms with Crippen molar-refractivity contribution in [2.45, 2.75) is 38.3 Å². The van der Waals surface area contributed by atoms with Crippen LogP contribution in [0.2, 0.25) is 0 Å². The highest BCUT2D eigenvalue weighted by atomic mass is 79.9. The Morgan fingerprint density at radius 1 is 1.25 bits per heavy atom. The van der Waals surface area contributed by atoms with Crippen molar-refractivity contribution < 1.29 is 14.6 Å². The number of nitrogens with two attached hydrogens (primary N) is 1. The highest BCUT2D eigenvalue weighted by Crippen LogP contribution is 2.36. The van der Waals surface area contributed by atoms with Crippen LogP contribution in [0.5, 0.6) is 11.5 Å². The fourth-order valence-electron chi connectivity index (χ4n) is 1.93. The largest absolute Gasteiger partial charge is 0.493 e. The molecule has 0 aliphatic heterocycles. The Kier molecular flexibility index (Phi) is 9.22. The van der Waals surface area contributed by atoms with E-state index in [9.17, 15) is 5.11 Å².